The highest BCUT2D eigenvalue weighted by atomic mass is 15.1. The molecule has 2 heteroatoms. The molecule has 0 aliphatic heterocycles. The molecule has 0 saturated carbocycles. The molecule has 0 aromatic carbocycles. The van der Waals surface area contributed by atoms with Gasteiger partial charge in [0.1, 0.15) is 0 Å². The van der Waals surface area contributed by atoms with Gasteiger partial charge >= 0.3 is 0 Å². The molecule has 0 amide bonds. The van der Waals surface area contributed by atoms with E-state index in [1.54, 1.807) is 0 Å². The summed E-state index contributed by atoms with van der Waals surface area (Å²) in [6, 6.07) is -0.120. The largest absolute Gasteiger partial charge is 0.317 e. The average Bonchev–Trinajstić information content (AvgIpc) is 1.65. The van der Waals surface area contributed by atoms with E-state index in [-0.39, 0.29) is 6.04 Å². The Bertz CT molecular complexity index is 91.2. The highest BCUT2D eigenvalue weighted by Gasteiger charge is 1.95. The fourth-order valence-electron chi connectivity index (χ4n) is 0.446. The molecule has 2 N–H and O–H groups in total. The molecular weight excluding hydrogens is 100 g/mol. The van der Waals surface area contributed by atoms with Gasteiger partial charge in [-0.05, 0) is 14.1 Å². The number of likely N-dealkylation sites (N-methyl/N-ethyl adjacent to an activating group) is 1. The monoisotopic (exact) mass is 112 g/mol. The highest BCUT2D eigenvalue weighted by molar-refractivity contribution is 4.97. The van der Waals surface area contributed by atoms with Gasteiger partial charge in [-0.15, -0.1) is 6.42 Å². The van der Waals surface area contributed by atoms with E-state index in [0.29, 0.717) is 0 Å². The van der Waals surface area contributed by atoms with E-state index in [4.69, 9.17) is 12.2 Å². The van der Waals surface area contributed by atoms with E-state index in [9.17, 15) is 0 Å². The maximum Gasteiger partial charge on any atom is 0.0790 e. The lowest BCUT2D eigenvalue weighted by Crippen LogP contribution is -2.31. The quantitative estimate of drug-likeness (QED) is 0.488. The second-order valence-corrected chi connectivity index (χ2v) is 2.04. The maximum absolute atomic E-state index is 5.40. The van der Waals surface area contributed by atoms with Gasteiger partial charge in [0.05, 0.1) is 6.04 Å². The summed E-state index contributed by atoms with van der Waals surface area (Å²) >= 11 is 0. The molecule has 8 heavy (non-hydrogen) atoms. The lowest BCUT2D eigenvalue weighted by atomic mass is 10.3. The Morgan fingerprint density at radius 2 is 2.25 bits per heavy atom. The van der Waals surface area contributed by atoms with Crippen molar-refractivity contribution in [2.24, 2.45) is 5.73 Å². The van der Waals surface area contributed by atoms with Crippen LogP contribution in [0.4, 0.5) is 0 Å². The van der Waals surface area contributed by atoms with Gasteiger partial charge in [-0.3, -0.25) is 0 Å². The van der Waals surface area contributed by atoms with Gasteiger partial charge in [0.25, 0.3) is 0 Å². The van der Waals surface area contributed by atoms with Crippen LogP contribution in [0.1, 0.15) is 0 Å². The number of nitrogens with two attached hydrogens (primary N) is 1. The van der Waals surface area contributed by atoms with Crippen LogP contribution >= 0.6 is 0 Å². The van der Waals surface area contributed by atoms with Crippen LogP contribution in [0, 0.1) is 12.3 Å². The van der Waals surface area contributed by atoms with Gasteiger partial charge in [0.15, 0.2) is 0 Å². The Hall–Kier alpha value is -0.520. The summed E-state index contributed by atoms with van der Waals surface area (Å²) in [5.41, 5.74) is 5.40. The van der Waals surface area contributed by atoms with Crippen LogP contribution in [-0.4, -0.2) is 31.6 Å². The number of rotatable bonds is 2. The molecule has 1 unspecified atom stereocenters. The minimum Gasteiger partial charge on any atom is -0.317 e. The normalized spacial score (nSPS) is 13.4. The fraction of sp³-hybridized carbons (Fsp3) is 0.667. The van der Waals surface area contributed by atoms with Crippen LogP contribution in [0.2, 0.25) is 0 Å². The summed E-state index contributed by atoms with van der Waals surface area (Å²) in [7, 11) is 3.88. The summed E-state index contributed by atoms with van der Waals surface area (Å²) < 4.78 is 0. The molecule has 0 heterocycles. The highest BCUT2D eigenvalue weighted by Crippen LogP contribution is 1.77. The van der Waals surface area contributed by atoms with E-state index >= 15 is 0 Å². The van der Waals surface area contributed by atoms with Crippen molar-refractivity contribution in [3.8, 4) is 12.3 Å². The van der Waals surface area contributed by atoms with Crippen molar-refractivity contribution >= 4 is 0 Å². The molecule has 0 fully saturated rings. The second kappa shape index (κ2) is 3.48. The van der Waals surface area contributed by atoms with Crippen molar-refractivity contribution in [1.29, 1.82) is 0 Å². The Morgan fingerprint density at radius 3 is 2.38 bits per heavy atom. The van der Waals surface area contributed by atoms with Crippen molar-refractivity contribution < 1.29 is 0 Å². The van der Waals surface area contributed by atoms with Crippen molar-refractivity contribution in [2.45, 2.75) is 6.04 Å². The summed E-state index contributed by atoms with van der Waals surface area (Å²) in [5, 5.41) is 0. The smallest absolute Gasteiger partial charge is 0.0790 e. The number of nitrogens with zero attached hydrogens (tertiary/aromatic N) is 1. The predicted octanol–water partition coefficient (Wildman–Crippen LogP) is -0.491. The van der Waals surface area contributed by atoms with Crippen molar-refractivity contribution in [3.63, 3.8) is 0 Å². The van der Waals surface area contributed by atoms with E-state index < -0.39 is 0 Å². The molecule has 0 rings (SSSR count). The zero-order valence-electron chi connectivity index (χ0n) is 5.39. The van der Waals surface area contributed by atoms with Gasteiger partial charge in [0.2, 0.25) is 0 Å². The lowest BCUT2D eigenvalue weighted by molar-refractivity contribution is 0.399. The molecule has 0 aliphatic carbocycles. The summed E-state index contributed by atoms with van der Waals surface area (Å²) in [4.78, 5) is 1.96. The summed E-state index contributed by atoms with van der Waals surface area (Å²) in [6.45, 7) is 0.760. The Morgan fingerprint density at radius 1 is 1.75 bits per heavy atom. The third kappa shape index (κ3) is 3.66. The number of hydrogen-bond acceptors (Lipinski definition) is 2. The Labute approximate surface area is 50.7 Å². The van der Waals surface area contributed by atoms with Crippen LogP contribution in [0.3, 0.4) is 0 Å². The van der Waals surface area contributed by atoms with Crippen LogP contribution in [0.5, 0.6) is 0 Å². The Balaban J connectivity index is 3.28. The SMILES string of the molecule is C#CC(N)CN(C)C. The van der Waals surface area contributed by atoms with Crippen molar-refractivity contribution in [2.75, 3.05) is 20.6 Å². The van der Waals surface area contributed by atoms with Crippen LogP contribution in [0.25, 0.3) is 0 Å². The van der Waals surface area contributed by atoms with E-state index in [1.807, 2.05) is 19.0 Å². The first-order chi connectivity index (χ1) is 3.66. The Kier molecular flexibility index (Phi) is 3.25. The molecule has 0 saturated heterocycles. The minimum absolute atomic E-state index is 0.120. The molecule has 1 atom stereocenters. The van der Waals surface area contributed by atoms with Crippen molar-refractivity contribution in [1.82, 2.24) is 4.90 Å². The first kappa shape index (κ1) is 7.48. The molecular formula is C6H12N2. The fourth-order valence-corrected chi connectivity index (χ4v) is 0.446. The second-order valence-electron chi connectivity index (χ2n) is 2.04. The molecule has 2 nitrogen and oxygen atoms in total. The van der Waals surface area contributed by atoms with Gasteiger partial charge in [0, 0.05) is 6.54 Å². The van der Waals surface area contributed by atoms with Gasteiger partial charge in [-0.1, -0.05) is 5.92 Å². The van der Waals surface area contributed by atoms with Crippen molar-refractivity contribution in [3.05, 3.63) is 0 Å². The number of hydrogen-bond donors (Lipinski definition) is 1. The number of terminal acetylenes is 1. The van der Waals surface area contributed by atoms with Crippen LogP contribution in [0.15, 0.2) is 0 Å². The summed E-state index contributed by atoms with van der Waals surface area (Å²) in [6.07, 6.45) is 5.02. The zero-order valence-corrected chi connectivity index (χ0v) is 5.39. The first-order valence-electron chi connectivity index (χ1n) is 2.53. The molecule has 0 radical (unpaired) electrons. The van der Waals surface area contributed by atoms with Gasteiger partial charge in [-0.25, -0.2) is 0 Å². The molecule has 0 aliphatic rings. The molecule has 0 aromatic heterocycles. The average molecular weight is 112 g/mol. The maximum atomic E-state index is 5.40. The lowest BCUT2D eigenvalue weighted by Gasteiger charge is -2.10. The van der Waals surface area contributed by atoms with Gasteiger partial charge in [-0.2, -0.15) is 0 Å². The topological polar surface area (TPSA) is 29.3 Å². The third-order valence-corrected chi connectivity index (χ3v) is 0.776. The minimum atomic E-state index is -0.120. The van der Waals surface area contributed by atoms with E-state index in [2.05, 4.69) is 5.92 Å². The molecule has 0 aromatic rings. The first-order valence-corrected chi connectivity index (χ1v) is 2.53. The van der Waals surface area contributed by atoms with Gasteiger partial charge < -0.3 is 10.6 Å². The molecule has 46 valence electrons. The predicted molar refractivity (Wildman–Crippen MR) is 35.4 cm³/mol. The van der Waals surface area contributed by atoms with Crippen LogP contribution in [-0.2, 0) is 0 Å². The van der Waals surface area contributed by atoms with E-state index in [0.717, 1.165) is 6.54 Å². The standard InChI is InChI=1S/C6H12N2/c1-4-6(7)5-8(2)3/h1,6H,5,7H2,2-3H3. The third-order valence-electron chi connectivity index (χ3n) is 0.776. The zero-order chi connectivity index (χ0) is 6.57. The molecule has 0 bridgehead atoms. The molecule has 0 spiro atoms. The van der Waals surface area contributed by atoms with Crippen LogP contribution < -0.4 is 5.73 Å². The summed E-state index contributed by atoms with van der Waals surface area (Å²) in [5.74, 6) is 2.43. The van der Waals surface area contributed by atoms with E-state index in [1.165, 1.54) is 0 Å².